The number of nitrogens with zero attached hydrogens (tertiary/aromatic N) is 2. The van der Waals surface area contributed by atoms with Crippen molar-refractivity contribution in [2.45, 2.75) is 33.2 Å². The lowest BCUT2D eigenvalue weighted by molar-refractivity contribution is 0.0524. The maximum absolute atomic E-state index is 15.1. The zero-order chi connectivity index (χ0) is 18.1. The van der Waals surface area contributed by atoms with Crippen LogP contribution in [0.5, 0.6) is 0 Å². The second-order valence-electron chi connectivity index (χ2n) is 5.99. The quantitative estimate of drug-likeness (QED) is 0.795. The van der Waals surface area contributed by atoms with Crippen LogP contribution in [0.2, 0.25) is 0 Å². The van der Waals surface area contributed by atoms with Crippen molar-refractivity contribution in [2.24, 2.45) is 0 Å². The van der Waals surface area contributed by atoms with Gasteiger partial charge in [-0.3, -0.25) is 4.79 Å². The first-order valence-corrected chi connectivity index (χ1v) is 8.46. The molecule has 1 fully saturated rings. The third-order valence-electron chi connectivity index (χ3n) is 4.49. The fourth-order valence-electron chi connectivity index (χ4n) is 3.31. The number of pyridine rings is 1. The Morgan fingerprint density at radius 2 is 1.92 bits per heavy atom. The standard InChI is InChI=1S/C18H20F2N2O3/c1-3-21-10-12(18(24)25-4-2)17(23)11-9-13(19)16(14(20)15(11)21)22-7-5-6-8-22/h9-10H,3-8H2,1-2H3. The topological polar surface area (TPSA) is 51.5 Å². The van der Waals surface area contributed by atoms with E-state index in [4.69, 9.17) is 4.74 Å². The first-order chi connectivity index (χ1) is 12.0. The molecule has 2 heterocycles. The van der Waals surface area contributed by atoms with Crippen molar-refractivity contribution in [3.8, 4) is 0 Å². The van der Waals surface area contributed by atoms with Crippen LogP contribution in [-0.2, 0) is 11.3 Å². The molecule has 0 aliphatic carbocycles. The van der Waals surface area contributed by atoms with Gasteiger partial charge in [-0.15, -0.1) is 0 Å². The van der Waals surface area contributed by atoms with Crippen LogP contribution in [-0.4, -0.2) is 30.2 Å². The van der Waals surface area contributed by atoms with Crippen molar-refractivity contribution < 1.29 is 18.3 Å². The van der Waals surface area contributed by atoms with Crippen LogP contribution in [0.15, 0.2) is 17.1 Å². The van der Waals surface area contributed by atoms with E-state index in [9.17, 15) is 14.0 Å². The van der Waals surface area contributed by atoms with E-state index in [1.165, 1.54) is 10.8 Å². The molecule has 5 nitrogen and oxygen atoms in total. The molecule has 0 radical (unpaired) electrons. The van der Waals surface area contributed by atoms with E-state index in [0.29, 0.717) is 19.6 Å². The van der Waals surface area contributed by atoms with E-state index in [1.807, 2.05) is 0 Å². The summed E-state index contributed by atoms with van der Waals surface area (Å²) in [7, 11) is 0. The fourth-order valence-corrected chi connectivity index (χ4v) is 3.31. The minimum absolute atomic E-state index is 0.0175. The van der Waals surface area contributed by atoms with Crippen molar-refractivity contribution in [3.63, 3.8) is 0 Å². The zero-order valence-electron chi connectivity index (χ0n) is 14.3. The van der Waals surface area contributed by atoms with Crippen molar-refractivity contribution in [2.75, 3.05) is 24.6 Å². The molecule has 0 amide bonds. The average molecular weight is 350 g/mol. The Kier molecular flexibility index (Phi) is 4.74. The van der Waals surface area contributed by atoms with Gasteiger partial charge in [0.25, 0.3) is 0 Å². The lowest BCUT2D eigenvalue weighted by Gasteiger charge is -2.21. The Balaban J connectivity index is 2.30. The normalized spacial score (nSPS) is 14.3. The molecule has 1 aromatic heterocycles. The molecule has 134 valence electrons. The molecule has 0 saturated carbocycles. The first kappa shape index (κ1) is 17.4. The molecule has 0 N–H and O–H groups in total. The summed E-state index contributed by atoms with van der Waals surface area (Å²) < 4.78 is 36.0. The maximum Gasteiger partial charge on any atom is 0.343 e. The van der Waals surface area contributed by atoms with Gasteiger partial charge in [0.15, 0.2) is 5.82 Å². The minimum atomic E-state index is -0.791. The van der Waals surface area contributed by atoms with E-state index in [1.54, 1.807) is 18.7 Å². The molecule has 1 aromatic carbocycles. The van der Waals surface area contributed by atoms with Gasteiger partial charge < -0.3 is 14.2 Å². The number of benzene rings is 1. The van der Waals surface area contributed by atoms with Crippen molar-refractivity contribution in [1.29, 1.82) is 0 Å². The van der Waals surface area contributed by atoms with Gasteiger partial charge >= 0.3 is 5.97 Å². The molecule has 0 spiro atoms. The zero-order valence-corrected chi connectivity index (χ0v) is 14.3. The van der Waals surface area contributed by atoms with Crippen LogP contribution in [0.1, 0.15) is 37.0 Å². The predicted octanol–water partition coefficient (Wildman–Crippen LogP) is 3.08. The summed E-state index contributed by atoms with van der Waals surface area (Å²) in [5.74, 6) is -2.33. The number of rotatable bonds is 4. The molecule has 25 heavy (non-hydrogen) atoms. The second-order valence-corrected chi connectivity index (χ2v) is 5.99. The summed E-state index contributed by atoms with van der Waals surface area (Å²) in [6.45, 7) is 4.98. The molecule has 0 unspecified atom stereocenters. The van der Waals surface area contributed by atoms with E-state index >= 15 is 4.39 Å². The average Bonchev–Trinajstić information content (AvgIpc) is 3.10. The maximum atomic E-state index is 15.1. The van der Waals surface area contributed by atoms with E-state index in [2.05, 4.69) is 0 Å². The lowest BCUT2D eigenvalue weighted by Crippen LogP contribution is -2.24. The number of carbonyl (C=O) groups excluding carboxylic acids is 1. The Morgan fingerprint density at radius 1 is 1.24 bits per heavy atom. The third kappa shape index (κ3) is 2.88. The Morgan fingerprint density at radius 3 is 2.52 bits per heavy atom. The van der Waals surface area contributed by atoms with Crippen LogP contribution in [0.25, 0.3) is 10.9 Å². The van der Waals surface area contributed by atoms with Crippen LogP contribution >= 0.6 is 0 Å². The number of hydrogen-bond donors (Lipinski definition) is 0. The molecule has 1 aliphatic rings. The van der Waals surface area contributed by atoms with Crippen molar-refractivity contribution >= 4 is 22.6 Å². The number of carbonyl (C=O) groups is 1. The van der Waals surface area contributed by atoms with E-state index < -0.39 is 23.0 Å². The van der Waals surface area contributed by atoms with Crippen LogP contribution in [0.3, 0.4) is 0 Å². The number of anilines is 1. The molecular formula is C18H20F2N2O3. The highest BCUT2D eigenvalue weighted by atomic mass is 19.1. The van der Waals surface area contributed by atoms with Gasteiger partial charge in [-0.25, -0.2) is 13.6 Å². The molecule has 1 saturated heterocycles. The number of aromatic nitrogens is 1. The highest BCUT2D eigenvalue weighted by molar-refractivity contribution is 5.94. The van der Waals surface area contributed by atoms with Gasteiger partial charge in [0.1, 0.15) is 17.1 Å². The fraction of sp³-hybridized carbons (Fsp3) is 0.444. The molecular weight excluding hydrogens is 330 g/mol. The highest BCUT2D eigenvalue weighted by Gasteiger charge is 2.26. The molecule has 0 atom stereocenters. The Hall–Kier alpha value is -2.44. The SMILES string of the molecule is CCOC(=O)c1cn(CC)c2c(F)c(N3CCCC3)c(F)cc2c1=O. The monoisotopic (exact) mass is 350 g/mol. The van der Waals surface area contributed by atoms with Crippen molar-refractivity contribution in [3.05, 3.63) is 39.7 Å². The van der Waals surface area contributed by atoms with Gasteiger partial charge in [0, 0.05) is 25.8 Å². The van der Waals surface area contributed by atoms with Gasteiger partial charge in [0.05, 0.1) is 17.5 Å². The highest BCUT2D eigenvalue weighted by Crippen LogP contribution is 2.32. The lowest BCUT2D eigenvalue weighted by atomic mass is 10.1. The number of hydrogen-bond acceptors (Lipinski definition) is 4. The smallest absolute Gasteiger partial charge is 0.343 e. The molecule has 0 bridgehead atoms. The third-order valence-corrected chi connectivity index (χ3v) is 4.49. The minimum Gasteiger partial charge on any atom is -0.462 e. The number of ether oxygens (including phenoxy) is 1. The Bertz CT molecular complexity index is 886. The summed E-state index contributed by atoms with van der Waals surface area (Å²) in [5.41, 5.74) is -1.02. The summed E-state index contributed by atoms with van der Waals surface area (Å²) in [6, 6.07) is 1.03. The first-order valence-electron chi connectivity index (χ1n) is 8.46. The molecule has 3 rings (SSSR count). The van der Waals surface area contributed by atoms with Crippen molar-refractivity contribution in [1.82, 2.24) is 4.57 Å². The van der Waals surface area contributed by atoms with Crippen LogP contribution in [0.4, 0.5) is 14.5 Å². The van der Waals surface area contributed by atoms with Crippen LogP contribution < -0.4 is 10.3 Å². The summed E-state index contributed by atoms with van der Waals surface area (Å²) >= 11 is 0. The van der Waals surface area contributed by atoms with Crippen LogP contribution in [0, 0.1) is 11.6 Å². The van der Waals surface area contributed by atoms with Gasteiger partial charge in [-0.05, 0) is 32.8 Å². The second kappa shape index (κ2) is 6.82. The number of aryl methyl sites for hydroxylation is 1. The largest absolute Gasteiger partial charge is 0.462 e. The predicted molar refractivity (Wildman–Crippen MR) is 91.2 cm³/mol. The number of halogens is 2. The van der Waals surface area contributed by atoms with Gasteiger partial charge in [-0.1, -0.05) is 0 Å². The molecule has 7 heteroatoms. The summed E-state index contributed by atoms with van der Waals surface area (Å²) in [6.07, 6.45) is 3.04. The summed E-state index contributed by atoms with van der Waals surface area (Å²) in [4.78, 5) is 26.2. The Labute approximate surface area is 143 Å². The van der Waals surface area contributed by atoms with E-state index in [-0.39, 0.29) is 28.8 Å². The number of fused-ring (bicyclic) bond motifs is 1. The number of esters is 1. The summed E-state index contributed by atoms with van der Waals surface area (Å²) in [5, 5.41) is -0.148. The van der Waals surface area contributed by atoms with Gasteiger partial charge in [0.2, 0.25) is 5.43 Å². The van der Waals surface area contributed by atoms with E-state index in [0.717, 1.165) is 18.9 Å². The molecule has 2 aromatic rings. The van der Waals surface area contributed by atoms with Gasteiger partial charge in [-0.2, -0.15) is 0 Å². The molecule has 1 aliphatic heterocycles.